The van der Waals surface area contributed by atoms with Crippen LogP contribution in [0.2, 0.25) is 0 Å². The van der Waals surface area contributed by atoms with Crippen molar-refractivity contribution in [3.05, 3.63) is 193 Å². The predicted octanol–water partition coefficient (Wildman–Crippen LogP) is 18.4. The van der Waals surface area contributed by atoms with Crippen LogP contribution in [-0.4, -0.2) is 203 Å². The van der Waals surface area contributed by atoms with Crippen LogP contribution in [0.4, 0.5) is 8.78 Å². The summed E-state index contributed by atoms with van der Waals surface area (Å²) in [5.41, 5.74) is 15.9. The highest BCUT2D eigenvalue weighted by Gasteiger charge is 2.25. The van der Waals surface area contributed by atoms with E-state index in [4.69, 9.17) is 9.47 Å². The van der Waals surface area contributed by atoms with Gasteiger partial charge in [-0.15, -0.1) is 0 Å². The first-order chi connectivity index (χ1) is 49.0. The number of ether oxygens (including phenoxy) is 2. The average Bonchev–Trinajstić information content (AvgIpc) is 1.85. The van der Waals surface area contributed by atoms with Crippen LogP contribution in [0.3, 0.4) is 0 Å². The minimum absolute atomic E-state index is 0.0554. The molecule has 5 aromatic carbocycles. The molecule has 1 unspecified atom stereocenters. The Hall–Kier alpha value is -5.65. The number of hydrogen-bond acceptors (Lipinski definition) is 12. The van der Waals surface area contributed by atoms with E-state index < -0.39 is 0 Å². The van der Waals surface area contributed by atoms with Crippen molar-refractivity contribution in [2.45, 2.75) is 210 Å². The van der Waals surface area contributed by atoms with E-state index in [2.05, 4.69) is 274 Å². The maximum absolute atomic E-state index is 14.1. The minimum Gasteiger partial charge on any atom is -0.496 e. The van der Waals surface area contributed by atoms with E-state index in [1.54, 1.807) is 26.4 Å². The maximum atomic E-state index is 14.1. The summed E-state index contributed by atoms with van der Waals surface area (Å²) in [6.07, 6.45) is 7.29. The average molecular weight is 1420 g/mol. The van der Waals surface area contributed by atoms with Gasteiger partial charge in [0, 0.05) is 128 Å². The van der Waals surface area contributed by atoms with Gasteiger partial charge >= 0.3 is 0 Å². The number of rotatable bonds is 23. The Balaban J connectivity index is 0.000000223. The molecule has 6 aromatic rings. The molecule has 0 spiro atoms. The summed E-state index contributed by atoms with van der Waals surface area (Å²) in [4.78, 5) is 25.8. The van der Waals surface area contributed by atoms with Crippen LogP contribution in [0.5, 0.6) is 11.5 Å². The van der Waals surface area contributed by atoms with E-state index in [9.17, 15) is 8.78 Å². The molecule has 4 fully saturated rings. The molecule has 4 aliphatic heterocycles. The van der Waals surface area contributed by atoms with Crippen molar-refractivity contribution >= 4 is 0 Å². The molecule has 0 amide bonds. The molecule has 0 saturated carbocycles. The van der Waals surface area contributed by atoms with Crippen molar-refractivity contribution in [1.82, 2.24) is 49.1 Å². The standard InChI is InChI=1S/C16H25FN2.C16H25NO.C15H23FN2.C15H25NO.C14H23N3.C13H21N/c1-12(2)13-5-6-14(16(17)9-13)10-19-8-7-15(11-19)18(3)4;1-13(2)15-8-7-14(11-16(15)18-3)12-17-9-5-4-6-10-17;1-12(2)13-4-5-14(15(16)10-13)11-18-8-6-17(3)7-9-18;1-6-16(7-2)11-13-8-9-14(12(3)4)15(10-13)17-5;1-12(2)13-4-5-14(15-10-13)11-17-8-6-16(3)7-9-17;1-10(2)13-7-6-12(8-11(13)3)9-14(4)5/h5-6,9,12,15H,7-8,10-11H2,1-4H3;7-8,11,13H,4-6,9-10,12H2,1-3H3;4-5,10,12H,6-9,11H2,1-3H3;8-10,12H,6-7,11H2,1-5H3;4-5,10,12H,6-9,11H2,1-3H3;6-8,10H,9H2,1-5H3. The van der Waals surface area contributed by atoms with E-state index in [1.165, 1.54) is 102 Å². The largest absolute Gasteiger partial charge is 0.496 e. The lowest BCUT2D eigenvalue weighted by atomic mass is 9.96. The van der Waals surface area contributed by atoms with Gasteiger partial charge in [0.05, 0.1) is 19.9 Å². The second-order valence-electron chi connectivity index (χ2n) is 31.9. The maximum Gasteiger partial charge on any atom is 0.127 e. The lowest BCUT2D eigenvalue weighted by Crippen LogP contribution is -2.44. The number of benzene rings is 5. The molecule has 0 bridgehead atoms. The van der Waals surface area contributed by atoms with Gasteiger partial charge in [0.15, 0.2) is 0 Å². The number of likely N-dealkylation sites (tertiary alicyclic amines) is 2. The van der Waals surface area contributed by atoms with Gasteiger partial charge in [-0.1, -0.05) is 176 Å². The molecular formula is C89H142F2N10O2. The van der Waals surface area contributed by atoms with Crippen LogP contribution in [0.15, 0.2) is 109 Å². The number of aryl methyl sites for hydroxylation is 1. The summed E-state index contributed by atoms with van der Waals surface area (Å²) in [5.74, 6) is 4.94. The highest BCUT2D eigenvalue weighted by atomic mass is 19.1. The van der Waals surface area contributed by atoms with Gasteiger partial charge in [-0.05, 0) is 216 Å². The first kappa shape index (κ1) is 88.0. The molecule has 1 aromatic heterocycles. The zero-order chi connectivity index (χ0) is 75.9. The van der Waals surface area contributed by atoms with Crippen molar-refractivity contribution in [3.63, 3.8) is 0 Å². The molecular weight excluding hydrogens is 1280 g/mol. The summed E-state index contributed by atoms with van der Waals surface area (Å²) in [6, 6.07) is 36.5. The zero-order valence-electron chi connectivity index (χ0n) is 68.9. The number of halogens is 2. The van der Waals surface area contributed by atoms with E-state index in [0.29, 0.717) is 41.5 Å². The van der Waals surface area contributed by atoms with Crippen molar-refractivity contribution in [1.29, 1.82) is 0 Å². The fourth-order valence-electron chi connectivity index (χ4n) is 13.7. The summed E-state index contributed by atoms with van der Waals surface area (Å²) in [7, 11) is 16.3. The number of piperazine rings is 2. The highest BCUT2D eigenvalue weighted by Crippen LogP contribution is 2.31. The molecule has 4 aliphatic rings. The van der Waals surface area contributed by atoms with E-state index >= 15 is 0 Å². The second kappa shape index (κ2) is 45.8. The molecule has 103 heavy (non-hydrogen) atoms. The van der Waals surface area contributed by atoms with Gasteiger partial charge in [0.1, 0.15) is 23.1 Å². The van der Waals surface area contributed by atoms with E-state index in [0.717, 1.165) is 138 Å². The molecule has 14 heteroatoms. The molecule has 10 rings (SSSR count). The fourth-order valence-corrected chi connectivity index (χ4v) is 13.7. The van der Waals surface area contributed by atoms with E-state index in [1.807, 2.05) is 18.3 Å². The van der Waals surface area contributed by atoms with Crippen LogP contribution in [0.25, 0.3) is 0 Å². The molecule has 0 radical (unpaired) electrons. The smallest absolute Gasteiger partial charge is 0.127 e. The second-order valence-corrected chi connectivity index (χ2v) is 31.9. The van der Waals surface area contributed by atoms with Crippen molar-refractivity contribution in [2.75, 3.05) is 148 Å². The quantitative estimate of drug-likeness (QED) is 0.0614. The molecule has 4 saturated heterocycles. The molecule has 5 heterocycles. The first-order valence-corrected chi connectivity index (χ1v) is 39.3. The SMILES string of the molecule is CC(C)c1ccc(CN2CCC(N(C)C)C2)c(F)c1.CC(C)c1ccc(CN2CCN(C)CC2)c(F)c1.CC(C)c1ccc(CN2CCN(C)CC2)nc1.CCN(CC)Cc1ccc(C(C)C)c(OC)c1.COc1cc(CN2CCCCC2)ccc1C(C)C.Cc1cc(CN(C)C)ccc1C(C)C. The van der Waals surface area contributed by atoms with Gasteiger partial charge in [-0.3, -0.25) is 29.5 Å². The van der Waals surface area contributed by atoms with Gasteiger partial charge in [0.2, 0.25) is 0 Å². The third-order valence-electron chi connectivity index (χ3n) is 20.8. The Morgan fingerprint density at radius 1 is 0.447 bits per heavy atom. The number of nitrogens with zero attached hydrogens (tertiary/aromatic N) is 10. The Bertz CT molecular complexity index is 3320. The number of likely N-dealkylation sites (N-methyl/N-ethyl adjacent to an activating group) is 3. The number of aromatic nitrogens is 1. The Morgan fingerprint density at radius 2 is 0.883 bits per heavy atom. The van der Waals surface area contributed by atoms with Gasteiger partial charge < -0.3 is 29.1 Å². The Labute approximate surface area is 627 Å². The summed E-state index contributed by atoms with van der Waals surface area (Å²) >= 11 is 0. The summed E-state index contributed by atoms with van der Waals surface area (Å²) in [6.45, 7) is 53.9. The molecule has 574 valence electrons. The fraction of sp³-hybridized carbons (Fsp3) is 0.607. The number of piperidine rings is 1. The van der Waals surface area contributed by atoms with Crippen LogP contribution in [0, 0.1) is 18.6 Å². The number of pyridine rings is 1. The van der Waals surface area contributed by atoms with Gasteiger partial charge in [-0.2, -0.15) is 0 Å². The highest BCUT2D eigenvalue weighted by molar-refractivity contribution is 5.41. The molecule has 0 N–H and O–H groups in total. The van der Waals surface area contributed by atoms with Crippen LogP contribution < -0.4 is 9.47 Å². The lowest BCUT2D eigenvalue weighted by molar-refractivity contribution is 0.147. The summed E-state index contributed by atoms with van der Waals surface area (Å²) in [5, 5.41) is 0. The van der Waals surface area contributed by atoms with Gasteiger partial charge in [0.25, 0.3) is 0 Å². The third-order valence-corrected chi connectivity index (χ3v) is 20.8. The Kier molecular flexibility index (Phi) is 39.1. The lowest BCUT2D eigenvalue weighted by Gasteiger charge is -2.32. The number of hydrogen-bond donors (Lipinski definition) is 0. The predicted molar refractivity (Wildman–Crippen MR) is 435 cm³/mol. The summed E-state index contributed by atoms with van der Waals surface area (Å²) < 4.78 is 39.1. The van der Waals surface area contributed by atoms with Gasteiger partial charge in [-0.25, -0.2) is 8.78 Å². The first-order valence-electron chi connectivity index (χ1n) is 39.3. The molecule has 12 nitrogen and oxygen atoms in total. The van der Waals surface area contributed by atoms with Crippen LogP contribution in [0.1, 0.15) is 231 Å². The topological polar surface area (TPSA) is 60.5 Å². The van der Waals surface area contributed by atoms with Crippen LogP contribution in [-0.2, 0) is 39.3 Å². The molecule has 0 aliphatic carbocycles. The monoisotopic (exact) mass is 1420 g/mol. The van der Waals surface area contributed by atoms with Crippen molar-refractivity contribution < 1.29 is 18.3 Å². The zero-order valence-corrected chi connectivity index (χ0v) is 68.9. The number of methoxy groups -OCH3 is 2. The third kappa shape index (κ3) is 31.0. The van der Waals surface area contributed by atoms with E-state index in [-0.39, 0.29) is 11.6 Å². The minimum atomic E-state index is -0.0560. The normalized spacial score (nSPS) is 16.5. The van der Waals surface area contributed by atoms with Crippen molar-refractivity contribution in [3.8, 4) is 11.5 Å². The molecule has 1 atom stereocenters. The Morgan fingerprint density at radius 3 is 1.29 bits per heavy atom. The van der Waals surface area contributed by atoms with Crippen LogP contribution >= 0.6 is 0 Å². The van der Waals surface area contributed by atoms with Crippen molar-refractivity contribution in [2.24, 2.45) is 0 Å².